The molecular weight excluding hydrogens is 280 g/mol. The number of nitriles is 1. The molecule has 0 aliphatic carbocycles. The summed E-state index contributed by atoms with van der Waals surface area (Å²) >= 11 is 0. The molecule has 0 fully saturated rings. The summed E-state index contributed by atoms with van der Waals surface area (Å²) in [7, 11) is 0. The average Bonchev–Trinajstić information content (AvgIpc) is 2.53. The molecule has 5 nitrogen and oxygen atoms in total. The van der Waals surface area contributed by atoms with Crippen molar-refractivity contribution in [3.05, 3.63) is 59.7 Å². The highest BCUT2D eigenvalue weighted by atomic mass is 16.5. The number of ether oxygens (including phenoxy) is 1. The number of amides is 1. The largest absolute Gasteiger partial charge is 0.484 e. The first-order chi connectivity index (χ1) is 10.6. The molecule has 0 aliphatic heterocycles. The van der Waals surface area contributed by atoms with Crippen molar-refractivity contribution < 1.29 is 14.3 Å². The Bertz CT molecular complexity index is 730. The summed E-state index contributed by atoms with van der Waals surface area (Å²) < 4.78 is 5.33. The molecule has 0 radical (unpaired) electrons. The van der Waals surface area contributed by atoms with E-state index in [1.54, 1.807) is 48.5 Å². The van der Waals surface area contributed by atoms with Gasteiger partial charge in [-0.3, -0.25) is 9.59 Å². The smallest absolute Gasteiger partial charge is 0.262 e. The van der Waals surface area contributed by atoms with E-state index in [0.717, 1.165) is 0 Å². The number of benzene rings is 2. The number of para-hydroxylation sites is 1. The van der Waals surface area contributed by atoms with Crippen LogP contribution in [0.3, 0.4) is 0 Å². The van der Waals surface area contributed by atoms with Gasteiger partial charge in [0.05, 0.1) is 17.3 Å². The van der Waals surface area contributed by atoms with Gasteiger partial charge in [0.2, 0.25) is 0 Å². The minimum Gasteiger partial charge on any atom is -0.484 e. The van der Waals surface area contributed by atoms with Crippen molar-refractivity contribution in [2.75, 3.05) is 11.9 Å². The molecule has 0 bridgehead atoms. The number of hydrogen-bond acceptors (Lipinski definition) is 4. The van der Waals surface area contributed by atoms with Crippen LogP contribution in [-0.4, -0.2) is 18.3 Å². The summed E-state index contributed by atoms with van der Waals surface area (Å²) in [4.78, 5) is 23.4. The number of Topliss-reactive ketones (excluding diaryl/α,β-unsaturated/α-hetero) is 1. The van der Waals surface area contributed by atoms with Crippen LogP contribution < -0.4 is 10.1 Å². The van der Waals surface area contributed by atoms with Gasteiger partial charge in [-0.15, -0.1) is 0 Å². The minimum absolute atomic E-state index is 0.121. The molecule has 2 rings (SSSR count). The van der Waals surface area contributed by atoms with E-state index >= 15 is 0 Å². The first-order valence-corrected chi connectivity index (χ1v) is 6.63. The fraction of sp³-hybridized carbons (Fsp3) is 0.118. The number of anilines is 1. The summed E-state index contributed by atoms with van der Waals surface area (Å²) in [5.41, 5.74) is 1.44. The van der Waals surface area contributed by atoms with E-state index in [2.05, 4.69) is 5.32 Å². The predicted molar refractivity (Wildman–Crippen MR) is 81.7 cm³/mol. The Balaban J connectivity index is 1.96. The second-order valence-corrected chi connectivity index (χ2v) is 4.57. The van der Waals surface area contributed by atoms with Crippen LogP contribution in [-0.2, 0) is 4.79 Å². The Morgan fingerprint density at radius 2 is 1.82 bits per heavy atom. The minimum atomic E-state index is -0.363. The van der Waals surface area contributed by atoms with Gasteiger partial charge in [-0.25, -0.2) is 0 Å². The van der Waals surface area contributed by atoms with Gasteiger partial charge in [0.25, 0.3) is 5.91 Å². The molecule has 110 valence electrons. The van der Waals surface area contributed by atoms with Crippen LogP contribution in [0.5, 0.6) is 5.75 Å². The summed E-state index contributed by atoms with van der Waals surface area (Å²) in [6.45, 7) is 1.26. The monoisotopic (exact) mass is 294 g/mol. The van der Waals surface area contributed by atoms with E-state index in [9.17, 15) is 9.59 Å². The van der Waals surface area contributed by atoms with Crippen molar-refractivity contribution >= 4 is 17.4 Å². The number of hydrogen-bond donors (Lipinski definition) is 1. The number of nitrogens with zero attached hydrogens (tertiary/aromatic N) is 1. The highest BCUT2D eigenvalue weighted by Gasteiger charge is 2.10. The van der Waals surface area contributed by atoms with Crippen LogP contribution in [0.1, 0.15) is 22.8 Å². The predicted octanol–water partition coefficient (Wildman–Crippen LogP) is 2.78. The lowest BCUT2D eigenvalue weighted by Crippen LogP contribution is -2.21. The summed E-state index contributed by atoms with van der Waals surface area (Å²) in [6, 6.07) is 15.3. The molecule has 2 aromatic carbocycles. The third-order valence-corrected chi connectivity index (χ3v) is 2.93. The lowest BCUT2D eigenvalue weighted by atomic mass is 10.1. The highest BCUT2D eigenvalue weighted by Crippen LogP contribution is 2.16. The number of ketones is 1. The Labute approximate surface area is 128 Å². The number of carbonyl (C=O) groups excluding carboxylic acids is 2. The van der Waals surface area contributed by atoms with Crippen LogP contribution in [0.15, 0.2) is 48.5 Å². The normalized spacial score (nSPS) is 9.64. The third-order valence-electron chi connectivity index (χ3n) is 2.93. The zero-order valence-electron chi connectivity index (χ0n) is 12.0. The molecule has 1 amide bonds. The van der Waals surface area contributed by atoms with Gasteiger partial charge in [-0.05, 0) is 43.3 Å². The van der Waals surface area contributed by atoms with E-state index in [-0.39, 0.29) is 18.3 Å². The van der Waals surface area contributed by atoms with Crippen LogP contribution >= 0.6 is 0 Å². The van der Waals surface area contributed by atoms with Gasteiger partial charge in [0, 0.05) is 5.56 Å². The maximum absolute atomic E-state index is 11.9. The van der Waals surface area contributed by atoms with E-state index in [1.807, 2.05) is 6.07 Å². The Morgan fingerprint density at radius 1 is 1.14 bits per heavy atom. The van der Waals surface area contributed by atoms with Gasteiger partial charge in [-0.2, -0.15) is 5.26 Å². The van der Waals surface area contributed by atoms with Gasteiger partial charge in [0.1, 0.15) is 5.75 Å². The molecular formula is C17H14N2O3. The lowest BCUT2D eigenvalue weighted by Gasteiger charge is -2.10. The van der Waals surface area contributed by atoms with Crippen molar-refractivity contribution in [1.82, 2.24) is 0 Å². The first-order valence-electron chi connectivity index (χ1n) is 6.63. The van der Waals surface area contributed by atoms with Crippen molar-refractivity contribution in [3.63, 3.8) is 0 Å². The molecule has 0 spiro atoms. The number of carbonyl (C=O) groups is 2. The second kappa shape index (κ2) is 7.04. The van der Waals surface area contributed by atoms with Crippen LogP contribution in [0.4, 0.5) is 5.69 Å². The second-order valence-electron chi connectivity index (χ2n) is 4.57. The van der Waals surface area contributed by atoms with Gasteiger partial charge >= 0.3 is 0 Å². The molecule has 0 saturated carbocycles. The van der Waals surface area contributed by atoms with Crippen LogP contribution in [0, 0.1) is 11.3 Å². The van der Waals surface area contributed by atoms with Gasteiger partial charge < -0.3 is 10.1 Å². The topological polar surface area (TPSA) is 79.2 Å². The molecule has 0 unspecified atom stereocenters. The zero-order valence-corrected chi connectivity index (χ0v) is 12.0. The third kappa shape index (κ3) is 3.93. The number of nitrogens with one attached hydrogen (secondary N) is 1. The lowest BCUT2D eigenvalue weighted by molar-refractivity contribution is -0.118. The zero-order chi connectivity index (χ0) is 15.9. The average molecular weight is 294 g/mol. The van der Waals surface area contributed by atoms with Crippen molar-refractivity contribution in [3.8, 4) is 11.8 Å². The highest BCUT2D eigenvalue weighted by molar-refractivity contribution is 6.03. The molecule has 22 heavy (non-hydrogen) atoms. The van der Waals surface area contributed by atoms with Crippen molar-refractivity contribution in [1.29, 1.82) is 5.26 Å². The number of rotatable bonds is 5. The van der Waals surface area contributed by atoms with E-state index < -0.39 is 0 Å². The van der Waals surface area contributed by atoms with Crippen LogP contribution in [0.2, 0.25) is 0 Å². The Kier molecular flexibility index (Phi) is 4.89. The summed E-state index contributed by atoms with van der Waals surface area (Å²) in [5, 5.41) is 11.3. The fourth-order valence-electron chi connectivity index (χ4n) is 1.86. The SMILES string of the molecule is CC(=O)c1ccccc1NC(=O)COc1ccc(C#N)cc1. The molecule has 0 aliphatic rings. The van der Waals surface area contributed by atoms with Crippen LogP contribution in [0.25, 0.3) is 0 Å². The Morgan fingerprint density at radius 3 is 2.45 bits per heavy atom. The molecule has 1 N–H and O–H groups in total. The quantitative estimate of drug-likeness (QED) is 0.860. The van der Waals surface area contributed by atoms with E-state index in [1.165, 1.54) is 6.92 Å². The maximum Gasteiger partial charge on any atom is 0.262 e. The van der Waals surface area contributed by atoms with Crippen molar-refractivity contribution in [2.24, 2.45) is 0 Å². The molecule has 0 atom stereocenters. The molecule has 5 heteroatoms. The van der Waals surface area contributed by atoms with E-state index in [4.69, 9.17) is 10.00 Å². The van der Waals surface area contributed by atoms with Gasteiger partial charge in [0.15, 0.2) is 12.4 Å². The maximum atomic E-state index is 11.9. The molecule has 0 aromatic heterocycles. The van der Waals surface area contributed by atoms with E-state index in [0.29, 0.717) is 22.6 Å². The standard InChI is InChI=1S/C17H14N2O3/c1-12(20)15-4-2-3-5-16(15)19-17(21)11-22-14-8-6-13(10-18)7-9-14/h2-9H,11H2,1H3,(H,19,21). The molecule has 0 saturated heterocycles. The molecule has 2 aromatic rings. The van der Waals surface area contributed by atoms with Gasteiger partial charge in [-0.1, -0.05) is 12.1 Å². The summed E-state index contributed by atoms with van der Waals surface area (Å²) in [5.74, 6) is 0.0102. The first kappa shape index (κ1) is 15.3. The summed E-state index contributed by atoms with van der Waals surface area (Å²) in [6.07, 6.45) is 0. The Hall–Kier alpha value is -3.13. The van der Waals surface area contributed by atoms with Crippen molar-refractivity contribution in [2.45, 2.75) is 6.92 Å². The fourth-order valence-corrected chi connectivity index (χ4v) is 1.86. The molecule has 0 heterocycles.